The summed E-state index contributed by atoms with van der Waals surface area (Å²) >= 11 is 0. The first-order valence-electron chi connectivity index (χ1n) is 6.04. The highest BCUT2D eigenvalue weighted by molar-refractivity contribution is 5.69. The van der Waals surface area contributed by atoms with Crippen LogP contribution in [-0.2, 0) is 23.9 Å². The lowest BCUT2D eigenvalue weighted by molar-refractivity contribution is -0.144. The van der Waals surface area contributed by atoms with Crippen LogP contribution in [0.5, 0.6) is 0 Å². The van der Waals surface area contributed by atoms with Gasteiger partial charge in [0, 0.05) is 13.3 Å². The molecule has 0 amide bonds. The summed E-state index contributed by atoms with van der Waals surface area (Å²) < 4.78 is 9.77. The van der Waals surface area contributed by atoms with Gasteiger partial charge in [0.2, 0.25) is 0 Å². The van der Waals surface area contributed by atoms with Crippen LogP contribution >= 0.6 is 0 Å². The summed E-state index contributed by atoms with van der Waals surface area (Å²) in [5.41, 5.74) is 0. The zero-order valence-electron chi connectivity index (χ0n) is 11.2. The molecule has 0 spiro atoms. The van der Waals surface area contributed by atoms with E-state index in [9.17, 15) is 14.4 Å². The van der Waals surface area contributed by atoms with Crippen molar-refractivity contribution in [3.05, 3.63) is 12.2 Å². The van der Waals surface area contributed by atoms with Gasteiger partial charge >= 0.3 is 11.9 Å². The Bertz CT molecular complexity index is 386. The Morgan fingerprint density at radius 2 is 2.11 bits per heavy atom. The molecule has 19 heavy (non-hydrogen) atoms. The van der Waals surface area contributed by atoms with Crippen molar-refractivity contribution in [3.8, 4) is 11.8 Å². The van der Waals surface area contributed by atoms with Gasteiger partial charge in [-0.1, -0.05) is 11.8 Å². The van der Waals surface area contributed by atoms with Crippen LogP contribution in [0.3, 0.4) is 0 Å². The van der Waals surface area contributed by atoms with Gasteiger partial charge in [0.1, 0.15) is 6.29 Å². The van der Waals surface area contributed by atoms with Crippen LogP contribution in [-0.4, -0.2) is 30.9 Å². The summed E-state index contributed by atoms with van der Waals surface area (Å²) in [5, 5.41) is 0. The number of hydrogen-bond donors (Lipinski definition) is 0. The van der Waals surface area contributed by atoms with E-state index < -0.39 is 12.1 Å². The van der Waals surface area contributed by atoms with Crippen molar-refractivity contribution in [2.24, 2.45) is 0 Å². The van der Waals surface area contributed by atoms with Crippen LogP contribution in [0.15, 0.2) is 12.2 Å². The van der Waals surface area contributed by atoms with Gasteiger partial charge in [0.05, 0.1) is 6.61 Å². The predicted molar refractivity (Wildman–Crippen MR) is 69.0 cm³/mol. The van der Waals surface area contributed by atoms with Crippen molar-refractivity contribution in [1.29, 1.82) is 0 Å². The second kappa shape index (κ2) is 11.0. The summed E-state index contributed by atoms with van der Waals surface area (Å²) in [7, 11) is 0. The average molecular weight is 266 g/mol. The molecule has 0 aromatic rings. The summed E-state index contributed by atoms with van der Waals surface area (Å²) in [6.07, 6.45) is 3.87. The number of carbonyl (C=O) groups excluding carboxylic acids is 3. The van der Waals surface area contributed by atoms with Crippen molar-refractivity contribution >= 4 is 18.2 Å². The molecule has 104 valence electrons. The van der Waals surface area contributed by atoms with Crippen molar-refractivity contribution in [2.75, 3.05) is 6.61 Å². The van der Waals surface area contributed by atoms with Crippen LogP contribution in [0.1, 0.15) is 33.1 Å². The third-order valence-electron chi connectivity index (χ3n) is 1.96. The zero-order valence-corrected chi connectivity index (χ0v) is 11.2. The normalized spacial score (nSPS) is 11.3. The molecule has 0 N–H and O–H groups in total. The number of rotatable bonds is 7. The van der Waals surface area contributed by atoms with Gasteiger partial charge in [-0.3, -0.25) is 14.4 Å². The topological polar surface area (TPSA) is 69.7 Å². The third-order valence-corrected chi connectivity index (χ3v) is 1.96. The third kappa shape index (κ3) is 10.8. The Morgan fingerprint density at radius 1 is 1.37 bits per heavy atom. The Morgan fingerprint density at radius 3 is 2.68 bits per heavy atom. The fraction of sp³-hybridized carbons (Fsp3) is 0.500. The number of ether oxygens (including phenoxy) is 2. The Kier molecular flexibility index (Phi) is 9.81. The van der Waals surface area contributed by atoms with Gasteiger partial charge in [0.25, 0.3) is 0 Å². The van der Waals surface area contributed by atoms with Crippen molar-refractivity contribution in [3.63, 3.8) is 0 Å². The first-order valence-corrected chi connectivity index (χ1v) is 6.04. The second-order valence-corrected chi connectivity index (χ2v) is 3.58. The molecule has 1 atom stereocenters. The van der Waals surface area contributed by atoms with Gasteiger partial charge in [-0.15, -0.1) is 0 Å². The van der Waals surface area contributed by atoms with E-state index in [1.165, 1.54) is 19.1 Å². The van der Waals surface area contributed by atoms with E-state index in [-0.39, 0.29) is 12.4 Å². The second-order valence-electron chi connectivity index (χ2n) is 3.58. The van der Waals surface area contributed by atoms with Crippen molar-refractivity contribution in [1.82, 2.24) is 0 Å². The molecular weight excluding hydrogens is 248 g/mol. The molecule has 0 heterocycles. The van der Waals surface area contributed by atoms with Crippen LogP contribution in [0.2, 0.25) is 0 Å². The molecule has 0 radical (unpaired) electrons. The summed E-state index contributed by atoms with van der Waals surface area (Å²) in [6, 6.07) is 0. The molecule has 0 fully saturated rings. The standard InChI is InChI=1S/C14H18O5/c1-3-18-14(17)10-7-9-13(19-12(2)16)8-5-4-6-11-15/h4,6,11,13H,3,7,9-10H2,1-2H3/b6-4+/t13-/m1/s1. The fourth-order valence-electron chi connectivity index (χ4n) is 1.25. The molecule has 0 aliphatic rings. The number of hydrogen-bond acceptors (Lipinski definition) is 5. The molecule has 0 aromatic carbocycles. The highest BCUT2D eigenvalue weighted by Crippen LogP contribution is 2.06. The number of carbonyl (C=O) groups is 3. The zero-order chi connectivity index (χ0) is 14.5. The van der Waals surface area contributed by atoms with E-state index in [0.717, 1.165) is 0 Å². The lowest BCUT2D eigenvalue weighted by atomic mass is 10.1. The molecular formula is C14H18O5. The summed E-state index contributed by atoms with van der Waals surface area (Å²) in [4.78, 5) is 32.1. The molecule has 0 aliphatic heterocycles. The molecule has 5 nitrogen and oxygen atoms in total. The summed E-state index contributed by atoms with van der Waals surface area (Å²) in [6.45, 7) is 3.38. The Hall–Kier alpha value is -2.09. The van der Waals surface area contributed by atoms with E-state index in [0.29, 0.717) is 25.7 Å². The smallest absolute Gasteiger partial charge is 0.305 e. The fourth-order valence-corrected chi connectivity index (χ4v) is 1.25. The lowest BCUT2D eigenvalue weighted by Gasteiger charge is -2.10. The first kappa shape index (κ1) is 16.9. The Labute approximate surface area is 113 Å². The average Bonchev–Trinajstić information content (AvgIpc) is 2.34. The lowest BCUT2D eigenvalue weighted by Crippen LogP contribution is -2.15. The molecule has 0 aliphatic carbocycles. The monoisotopic (exact) mass is 266 g/mol. The molecule has 0 bridgehead atoms. The largest absolute Gasteiger partial charge is 0.466 e. The minimum absolute atomic E-state index is 0.261. The SMILES string of the molecule is CCOC(=O)CCC[C@@H](C#C/C=C/C=O)OC(C)=O. The van der Waals surface area contributed by atoms with Gasteiger partial charge in [0.15, 0.2) is 6.10 Å². The van der Waals surface area contributed by atoms with Crippen molar-refractivity contribution in [2.45, 2.75) is 39.2 Å². The van der Waals surface area contributed by atoms with Gasteiger partial charge in [-0.2, -0.15) is 0 Å². The Balaban J connectivity index is 4.22. The molecule has 0 unspecified atom stereocenters. The van der Waals surface area contributed by atoms with E-state index in [1.54, 1.807) is 6.92 Å². The van der Waals surface area contributed by atoms with Crippen molar-refractivity contribution < 1.29 is 23.9 Å². The van der Waals surface area contributed by atoms with Gasteiger partial charge in [-0.05, 0) is 31.9 Å². The van der Waals surface area contributed by atoms with Crippen LogP contribution in [0, 0.1) is 11.8 Å². The summed E-state index contributed by atoms with van der Waals surface area (Å²) in [5.74, 6) is 4.59. The molecule has 0 rings (SSSR count). The van der Waals surface area contributed by atoms with Crippen LogP contribution in [0.25, 0.3) is 0 Å². The number of aldehydes is 1. The maximum absolute atomic E-state index is 11.1. The quantitative estimate of drug-likeness (QED) is 0.301. The van der Waals surface area contributed by atoms with Gasteiger partial charge < -0.3 is 9.47 Å². The first-order chi connectivity index (χ1) is 9.10. The molecule has 0 saturated heterocycles. The van der Waals surface area contributed by atoms with E-state index in [1.807, 2.05) is 0 Å². The van der Waals surface area contributed by atoms with Crippen LogP contribution < -0.4 is 0 Å². The number of esters is 2. The molecule has 0 aromatic heterocycles. The van der Waals surface area contributed by atoms with Crippen LogP contribution in [0.4, 0.5) is 0 Å². The minimum Gasteiger partial charge on any atom is -0.466 e. The maximum Gasteiger partial charge on any atom is 0.305 e. The molecule has 0 saturated carbocycles. The highest BCUT2D eigenvalue weighted by atomic mass is 16.5. The highest BCUT2D eigenvalue weighted by Gasteiger charge is 2.10. The van der Waals surface area contributed by atoms with E-state index >= 15 is 0 Å². The van der Waals surface area contributed by atoms with Gasteiger partial charge in [-0.25, -0.2) is 0 Å². The molecule has 5 heteroatoms. The predicted octanol–water partition coefficient (Wildman–Crippen LogP) is 1.41. The number of allylic oxidation sites excluding steroid dienone is 2. The van der Waals surface area contributed by atoms with E-state index in [2.05, 4.69) is 11.8 Å². The minimum atomic E-state index is -0.580. The van der Waals surface area contributed by atoms with E-state index in [4.69, 9.17) is 9.47 Å². The maximum atomic E-state index is 11.1.